The average Bonchev–Trinajstić information content (AvgIpc) is 3.30. The number of nitrogens with zero attached hydrogens (tertiary/aromatic N) is 1. The highest BCUT2D eigenvalue weighted by Crippen LogP contribution is 2.45. The number of benzene rings is 3. The van der Waals surface area contributed by atoms with E-state index in [9.17, 15) is 14.4 Å². The molecule has 1 heterocycles. The number of ether oxygens (including phenoxy) is 2. The minimum Gasteiger partial charge on any atom is -0.429 e. The molecule has 0 spiro atoms. The van der Waals surface area contributed by atoms with E-state index in [1.54, 1.807) is 26.8 Å². The maximum atomic E-state index is 13.6. The van der Waals surface area contributed by atoms with Gasteiger partial charge in [0.2, 0.25) is 5.91 Å². The first kappa shape index (κ1) is 28.0. The van der Waals surface area contributed by atoms with Gasteiger partial charge in [0.05, 0.1) is 12.3 Å². The highest BCUT2D eigenvalue weighted by atomic mass is 32.2. The second-order valence-corrected chi connectivity index (χ2v) is 11.3. The molecule has 0 bridgehead atoms. The molecule has 9 heteroatoms. The van der Waals surface area contributed by atoms with E-state index in [1.807, 2.05) is 79.7 Å². The summed E-state index contributed by atoms with van der Waals surface area (Å²) < 4.78 is 11.0. The minimum atomic E-state index is -0.868. The van der Waals surface area contributed by atoms with Crippen molar-refractivity contribution in [3.63, 3.8) is 0 Å². The fourth-order valence-electron chi connectivity index (χ4n) is 4.23. The predicted molar refractivity (Wildman–Crippen MR) is 153 cm³/mol. The summed E-state index contributed by atoms with van der Waals surface area (Å²) in [5, 5.41) is 4.93. The number of aryl methyl sites for hydroxylation is 1. The van der Waals surface area contributed by atoms with Crippen molar-refractivity contribution in [3.05, 3.63) is 90.0 Å². The summed E-state index contributed by atoms with van der Waals surface area (Å²) in [6, 6.07) is 24.6. The lowest BCUT2D eigenvalue weighted by atomic mass is 9.99. The number of carbonyl (C=O) groups excluding carboxylic acids is 3. The molecule has 0 radical (unpaired) electrons. The SMILES string of the molecule is Cc1cccc(NC(=O)NCC(=O)N2[C@@H](c3ccccc3-c3ccccc3)SC[C@H]2OC(=O)OC(C)(C)C)c1. The van der Waals surface area contributed by atoms with Gasteiger partial charge in [-0.25, -0.2) is 9.59 Å². The van der Waals surface area contributed by atoms with Gasteiger partial charge in [-0.2, -0.15) is 0 Å². The quantitative estimate of drug-likeness (QED) is 0.350. The number of rotatable bonds is 6. The Morgan fingerprint density at radius 2 is 1.69 bits per heavy atom. The number of hydrogen-bond acceptors (Lipinski definition) is 6. The second kappa shape index (κ2) is 12.3. The maximum absolute atomic E-state index is 13.6. The van der Waals surface area contributed by atoms with Crippen LogP contribution in [0.3, 0.4) is 0 Å². The van der Waals surface area contributed by atoms with Gasteiger partial charge in [0.25, 0.3) is 0 Å². The zero-order chi connectivity index (χ0) is 28.0. The van der Waals surface area contributed by atoms with Gasteiger partial charge in [0.1, 0.15) is 11.0 Å². The van der Waals surface area contributed by atoms with Gasteiger partial charge in [-0.05, 0) is 62.1 Å². The Labute approximate surface area is 233 Å². The van der Waals surface area contributed by atoms with Gasteiger partial charge in [-0.15, -0.1) is 11.8 Å². The van der Waals surface area contributed by atoms with Crippen molar-refractivity contribution >= 4 is 35.5 Å². The molecule has 3 amide bonds. The Hall–Kier alpha value is -3.98. The van der Waals surface area contributed by atoms with Gasteiger partial charge in [0.15, 0.2) is 6.23 Å². The van der Waals surface area contributed by atoms with E-state index in [2.05, 4.69) is 10.6 Å². The number of urea groups is 1. The third-order valence-electron chi connectivity index (χ3n) is 5.86. The Bertz CT molecular complexity index is 1330. The molecular formula is C30H33N3O5S. The Morgan fingerprint density at radius 3 is 2.41 bits per heavy atom. The van der Waals surface area contributed by atoms with Gasteiger partial charge >= 0.3 is 12.2 Å². The normalized spacial score (nSPS) is 16.9. The number of carbonyl (C=O) groups is 3. The van der Waals surface area contributed by atoms with Gasteiger partial charge in [-0.3, -0.25) is 9.69 Å². The van der Waals surface area contributed by atoms with Crippen LogP contribution in [-0.2, 0) is 14.3 Å². The highest BCUT2D eigenvalue weighted by molar-refractivity contribution is 7.99. The van der Waals surface area contributed by atoms with Crippen molar-refractivity contribution in [1.82, 2.24) is 10.2 Å². The molecule has 4 rings (SSSR count). The Morgan fingerprint density at radius 1 is 0.974 bits per heavy atom. The molecule has 0 aliphatic carbocycles. The first-order valence-corrected chi connectivity index (χ1v) is 13.7. The van der Waals surface area contributed by atoms with Crippen LogP contribution in [0.5, 0.6) is 0 Å². The van der Waals surface area contributed by atoms with E-state index < -0.39 is 29.4 Å². The van der Waals surface area contributed by atoms with E-state index in [0.29, 0.717) is 11.4 Å². The molecule has 204 valence electrons. The molecule has 0 unspecified atom stereocenters. The summed E-state index contributed by atoms with van der Waals surface area (Å²) in [5.74, 6) is -0.0327. The van der Waals surface area contributed by atoms with Crippen LogP contribution in [0.25, 0.3) is 11.1 Å². The summed E-state index contributed by atoms with van der Waals surface area (Å²) in [7, 11) is 0. The summed E-state index contributed by atoms with van der Waals surface area (Å²) >= 11 is 1.49. The fraction of sp³-hybridized carbons (Fsp3) is 0.300. The van der Waals surface area contributed by atoms with Crippen molar-refractivity contribution in [3.8, 4) is 11.1 Å². The van der Waals surface area contributed by atoms with Crippen LogP contribution in [-0.4, -0.2) is 47.1 Å². The molecule has 1 aliphatic rings. The standard InChI is InChI=1S/C30H33N3O5S/c1-20-11-10-14-22(17-20)32-28(35)31-18-25(34)33-26(37-29(36)38-30(2,3)4)19-39-27(33)24-16-9-8-15-23(24)21-12-6-5-7-13-21/h5-17,26-27H,18-19H2,1-4H3,(H2,31,32,35)/t26-,27-/m1/s1. The molecular weight excluding hydrogens is 514 g/mol. The molecule has 39 heavy (non-hydrogen) atoms. The first-order valence-electron chi connectivity index (χ1n) is 12.7. The number of hydrogen-bond donors (Lipinski definition) is 2. The summed E-state index contributed by atoms with van der Waals surface area (Å²) in [6.45, 7) is 6.88. The van der Waals surface area contributed by atoms with Crippen molar-refractivity contribution in [1.29, 1.82) is 0 Å². The van der Waals surface area contributed by atoms with Crippen molar-refractivity contribution in [2.45, 2.75) is 44.9 Å². The molecule has 2 N–H and O–H groups in total. The van der Waals surface area contributed by atoms with Crippen LogP contribution in [0, 0.1) is 6.92 Å². The van der Waals surface area contributed by atoms with Crippen LogP contribution in [0.15, 0.2) is 78.9 Å². The number of nitrogens with one attached hydrogen (secondary N) is 2. The third kappa shape index (κ3) is 7.54. The second-order valence-electron chi connectivity index (χ2n) is 10.2. The van der Waals surface area contributed by atoms with Gasteiger partial charge in [-0.1, -0.05) is 66.7 Å². The van der Waals surface area contributed by atoms with Gasteiger partial charge in [0, 0.05) is 5.69 Å². The predicted octanol–water partition coefficient (Wildman–Crippen LogP) is 6.34. The zero-order valence-electron chi connectivity index (χ0n) is 22.5. The van der Waals surface area contributed by atoms with Crippen molar-refractivity contribution < 1.29 is 23.9 Å². The third-order valence-corrected chi connectivity index (χ3v) is 7.13. The molecule has 0 saturated carbocycles. The lowest BCUT2D eigenvalue weighted by Crippen LogP contribution is -2.47. The lowest BCUT2D eigenvalue weighted by molar-refractivity contribution is -0.141. The van der Waals surface area contributed by atoms with E-state index in [1.165, 1.54) is 16.7 Å². The summed E-state index contributed by atoms with van der Waals surface area (Å²) in [6.07, 6.45) is -1.72. The molecule has 1 aliphatic heterocycles. The van der Waals surface area contributed by atoms with Crippen LogP contribution >= 0.6 is 11.8 Å². The minimum absolute atomic E-state index is 0.281. The Kier molecular flexibility index (Phi) is 8.81. The summed E-state index contributed by atoms with van der Waals surface area (Å²) in [4.78, 5) is 40.2. The topological polar surface area (TPSA) is 97.0 Å². The van der Waals surface area contributed by atoms with Crippen LogP contribution in [0.4, 0.5) is 15.3 Å². The van der Waals surface area contributed by atoms with E-state index in [4.69, 9.17) is 9.47 Å². The highest BCUT2D eigenvalue weighted by Gasteiger charge is 2.42. The molecule has 1 saturated heterocycles. The van der Waals surface area contributed by atoms with E-state index in [0.717, 1.165) is 22.3 Å². The fourth-order valence-corrected chi connectivity index (χ4v) is 5.60. The molecule has 3 aromatic rings. The van der Waals surface area contributed by atoms with Gasteiger partial charge < -0.3 is 20.1 Å². The number of anilines is 1. The van der Waals surface area contributed by atoms with Crippen LogP contribution in [0.2, 0.25) is 0 Å². The average molecular weight is 548 g/mol. The maximum Gasteiger partial charge on any atom is 0.510 e. The number of amides is 3. The Balaban J connectivity index is 1.56. The van der Waals surface area contributed by atoms with Crippen LogP contribution < -0.4 is 10.6 Å². The molecule has 0 aromatic heterocycles. The molecule has 3 aromatic carbocycles. The lowest BCUT2D eigenvalue weighted by Gasteiger charge is -2.31. The number of thioether (sulfide) groups is 1. The van der Waals surface area contributed by atoms with Crippen molar-refractivity contribution in [2.24, 2.45) is 0 Å². The van der Waals surface area contributed by atoms with Crippen molar-refractivity contribution in [2.75, 3.05) is 17.6 Å². The monoisotopic (exact) mass is 547 g/mol. The first-order chi connectivity index (χ1) is 18.6. The largest absolute Gasteiger partial charge is 0.510 e. The van der Waals surface area contributed by atoms with Crippen LogP contribution in [0.1, 0.15) is 37.3 Å². The van der Waals surface area contributed by atoms with E-state index >= 15 is 0 Å². The zero-order valence-corrected chi connectivity index (χ0v) is 23.3. The van der Waals surface area contributed by atoms with E-state index in [-0.39, 0.29) is 12.5 Å². The molecule has 8 nitrogen and oxygen atoms in total. The molecule has 2 atom stereocenters. The smallest absolute Gasteiger partial charge is 0.429 e. The molecule has 1 fully saturated rings. The summed E-state index contributed by atoms with van der Waals surface area (Å²) in [5.41, 5.74) is 3.76.